The number of phenolic OH excluding ortho intramolecular Hbond substituents is 3. The summed E-state index contributed by atoms with van der Waals surface area (Å²) in [4.78, 5) is 40.0. The molecule has 0 amide bonds. The van der Waals surface area contributed by atoms with E-state index in [2.05, 4.69) is 29.0 Å². The van der Waals surface area contributed by atoms with Gasteiger partial charge in [-0.2, -0.15) is 0 Å². The SMILES string of the molecule is COC1=C(C(=O)O)[C@H](C)[C@@]23O[C@]24c2cc(O)c5c(c2N[C@@H]3C#C/C=C\C#C[C@@H]14)C(=O)c1c(O)ccc(O)c1C5=O. The second kappa shape index (κ2) is 7.47. The summed E-state index contributed by atoms with van der Waals surface area (Å²) in [5, 5.41) is 45.5. The minimum Gasteiger partial charge on any atom is -0.507 e. The van der Waals surface area contributed by atoms with Crippen LogP contribution < -0.4 is 5.32 Å². The summed E-state index contributed by atoms with van der Waals surface area (Å²) in [5.41, 5.74) is -3.72. The number of rotatable bonds is 2. The third-order valence-electron chi connectivity index (χ3n) is 8.53. The second-order valence-corrected chi connectivity index (χ2v) is 10.1. The predicted molar refractivity (Wildman–Crippen MR) is 137 cm³/mol. The largest absolute Gasteiger partial charge is 0.507 e. The van der Waals surface area contributed by atoms with Crippen LogP contribution in [0.2, 0.25) is 0 Å². The Morgan fingerprint density at radius 3 is 2.20 bits per heavy atom. The molecule has 5 atom stereocenters. The van der Waals surface area contributed by atoms with Crippen LogP contribution in [0, 0.1) is 35.5 Å². The van der Waals surface area contributed by atoms with Gasteiger partial charge in [-0.15, -0.1) is 0 Å². The summed E-state index contributed by atoms with van der Waals surface area (Å²) >= 11 is 0. The van der Waals surface area contributed by atoms with E-state index in [1.165, 1.54) is 25.3 Å². The minimum absolute atomic E-state index is 0.0284. The zero-order valence-electron chi connectivity index (χ0n) is 20.9. The number of ketones is 2. The Bertz CT molecular complexity index is 1850. The van der Waals surface area contributed by atoms with Crippen LogP contribution in [0.15, 0.2) is 41.7 Å². The first-order chi connectivity index (χ1) is 19.1. The van der Waals surface area contributed by atoms with Gasteiger partial charge in [0.25, 0.3) is 0 Å². The van der Waals surface area contributed by atoms with Gasteiger partial charge in [-0.1, -0.05) is 30.6 Å². The van der Waals surface area contributed by atoms with Crippen molar-refractivity contribution < 1.29 is 44.3 Å². The van der Waals surface area contributed by atoms with E-state index in [0.29, 0.717) is 0 Å². The number of epoxide rings is 1. The van der Waals surface area contributed by atoms with Gasteiger partial charge in [0.1, 0.15) is 46.2 Å². The molecule has 2 heterocycles. The summed E-state index contributed by atoms with van der Waals surface area (Å²) in [6, 6.07) is 2.60. The zero-order chi connectivity index (χ0) is 28.3. The number of carboxylic acids is 1. The third-order valence-corrected chi connectivity index (χ3v) is 8.53. The third kappa shape index (κ3) is 2.48. The van der Waals surface area contributed by atoms with Crippen molar-refractivity contribution in [3.8, 4) is 40.9 Å². The van der Waals surface area contributed by atoms with Crippen LogP contribution in [0.3, 0.4) is 0 Å². The van der Waals surface area contributed by atoms with Crippen LogP contribution in [-0.4, -0.2) is 56.7 Å². The number of aliphatic carboxylic acids is 1. The summed E-state index contributed by atoms with van der Waals surface area (Å²) < 4.78 is 12.2. The fourth-order valence-corrected chi connectivity index (χ4v) is 6.93. The Hall–Kier alpha value is -5.19. The number of aromatic hydroxyl groups is 3. The van der Waals surface area contributed by atoms with Crippen molar-refractivity contribution in [3.05, 3.63) is 69.5 Å². The molecule has 2 aliphatic heterocycles. The van der Waals surface area contributed by atoms with Crippen LogP contribution in [0.4, 0.5) is 5.69 Å². The molecular formula is C30H19NO9. The summed E-state index contributed by atoms with van der Waals surface area (Å²) in [5.74, 6) is 5.71. The highest BCUT2D eigenvalue weighted by Gasteiger charge is 2.85. The lowest BCUT2D eigenvalue weighted by Gasteiger charge is -2.43. The standard InChI is InChI=1S/C30H19NO9/c1-12-19(28(37)38)27(39-2)13-7-5-3-4-6-8-18-29(12)30(13,40-29)14-11-17(34)22-23(24(14)31-18)26(36)21-16(33)10-9-15(32)20(21)25(22)35/h3-4,9-13,18,31-34H,1-2H3,(H,37,38)/b4-3-/t12-,13-,18+,29-,30+/m0/s1. The van der Waals surface area contributed by atoms with E-state index in [1.807, 2.05) is 0 Å². The maximum absolute atomic E-state index is 13.9. The molecule has 2 aromatic rings. The van der Waals surface area contributed by atoms with Crippen molar-refractivity contribution in [2.75, 3.05) is 12.4 Å². The summed E-state index contributed by atoms with van der Waals surface area (Å²) in [6.07, 6.45) is 3.04. The molecule has 0 unspecified atom stereocenters. The quantitative estimate of drug-likeness (QED) is 0.186. The molecule has 3 aliphatic carbocycles. The van der Waals surface area contributed by atoms with E-state index in [0.717, 1.165) is 12.1 Å². The topological polar surface area (TPSA) is 166 Å². The Balaban J connectivity index is 1.59. The number of allylic oxidation sites excluding steroid dienone is 2. The van der Waals surface area contributed by atoms with E-state index < -0.39 is 75.0 Å². The molecule has 1 saturated heterocycles. The number of hydrogen-bond acceptors (Lipinski definition) is 9. The van der Waals surface area contributed by atoms with Gasteiger partial charge in [0.2, 0.25) is 11.6 Å². The zero-order valence-corrected chi connectivity index (χ0v) is 20.9. The molecule has 0 saturated carbocycles. The van der Waals surface area contributed by atoms with Crippen LogP contribution in [-0.2, 0) is 19.9 Å². The second-order valence-electron chi connectivity index (χ2n) is 10.1. The van der Waals surface area contributed by atoms with Crippen LogP contribution in [0.25, 0.3) is 0 Å². The van der Waals surface area contributed by atoms with Gasteiger partial charge < -0.3 is 35.2 Å². The Kier molecular flexibility index (Phi) is 4.46. The smallest absolute Gasteiger partial charge is 0.335 e. The molecule has 0 radical (unpaired) electrons. The first-order valence-electron chi connectivity index (χ1n) is 12.3. The average molecular weight is 537 g/mol. The Morgan fingerprint density at radius 2 is 1.57 bits per heavy atom. The first kappa shape index (κ1) is 23.9. The number of anilines is 1. The van der Waals surface area contributed by atoms with Crippen LogP contribution in [0.1, 0.15) is 44.3 Å². The molecule has 40 heavy (non-hydrogen) atoms. The maximum Gasteiger partial charge on any atom is 0.335 e. The van der Waals surface area contributed by atoms with Crippen molar-refractivity contribution in [2.24, 2.45) is 11.8 Å². The fourth-order valence-electron chi connectivity index (χ4n) is 6.93. The number of fused-ring (bicyclic) bond motifs is 4. The number of ether oxygens (including phenoxy) is 2. The van der Waals surface area contributed by atoms with Crippen LogP contribution >= 0.6 is 0 Å². The lowest BCUT2D eigenvalue weighted by molar-refractivity contribution is -0.134. The summed E-state index contributed by atoms with van der Waals surface area (Å²) in [6.45, 7) is 1.68. The van der Waals surface area contributed by atoms with Crippen molar-refractivity contribution in [2.45, 2.75) is 24.2 Å². The minimum atomic E-state index is -1.41. The van der Waals surface area contributed by atoms with Crippen LogP contribution in [0.5, 0.6) is 17.2 Å². The molecule has 1 fully saturated rings. The maximum atomic E-state index is 13.9. The number of hydrogen-bond donors (Lipinski definition) is 5. The van der Waals surface area contributed by atoms with E-state index in [4.69, 9.17) is 9.47 Å². The normalized spacial score (nSPS) is 30.5. The predicted octanol–water partition coefficient (Wildman–Crippen LogP) is 2.16. The molecule has 4 bridgehead atoms. The number of phenols is 3. The lowest BCUT2D eigenvalue weighted by atomic mass is 9.59. The van der Waals surface area contributed by atoms with Crippen molar-refractivity contribution in [1.29, 1.82) is 0 Å². The van der Waals surface area contributed by atoms with E-state index in [9.17, 15) is 34.8 Å². The molecule has 7 rings (SSSR count). The van der Waals surface area contributed by atoms with E-state index in [-0.39, 0.29) is 33.7 Å². The van der Waals surface area contributed by atoms with Crippen molar-refractivity contribution in [3.63, 3.8) is 0 Å². The van der Waals surface area contributed by atoms with Gasteiger partial charge in [-0.05, 0) is 30.4 Å². The van der Waals surface area contributed by atoms with Crippen molar-refractivity contribution >= 4 is 23.2 Å². The number of methoxy groups -OCH3 is 1. The van der Waals surface area contributed by atoms with E-state index in [1.54, 1.807) is 6.92 Å². The average Bonchev–Trinajstić information content (AvgIpc) is 3.64. The fraction of sp³-hybridized carbons (Fsp3) is 0.233. The first-order valence-corrected chi connectivity index (χ1v) is 12.3. The Morgan fingerprint density at radius 1 is 0.975 bits per heavy atom. The van der Waals surface area contributed by atoms with Crippen molar-refractivity contribution in [1.82, 2.24) is 0 Å². The number of benzene rings is 2. The van der Waals surface area contributed by atoms with Gasteiger partial charge in [0, 0.05) is 11.5 Å². The van der Waals surface area contributed by atoms with Gasteiger partial charge in [-0.3, -0.25) is 9.59 Å². The molecule has 5 N–H and O–H groups in total. The summed E-state index contributed by atoms with van der Waals surface area (Å²) in [7, 11) is 1.34. The van der Waals surface area contributed by atoms with Gasteiger partial charge in [0.15, 0.2) is 0 Å². The monoisotopic (exact) mass is 537 g/mol. The molecule has 5 aliphatic rings. The molecule has 10 heteroatoms. The molecule has 0 aromatic heterocycles. The highest BCUT2D eigenvalue weighted by Crippen LogP contribution is 2.74. The molecule has 10 nitrogen and oxygen atoms in total. The van der Waals surface area contributed by atoms with E-state index >= 15 is 0 Å². The molecule has 198 valence electrons. The molecule has 0 spiro atoms. The Labute approximate surface area is 226 Å². The molecular weight excluding hydrogens is 518 g/mol. The van der Waals surface area contributed by atoms with Gasteiger partial charge in [0.05, 0.1) is 40.6 Å². The number of carbonyl (C=O) groups is 3. The number of carboxylic acid groups (broad SMARTS) is 1. The van der Waals surface area contributed by atoms with Gasteiger partial charge >= 0.3 is 5.97 Å². The number of nitrogens with one attached hydrogen (secondary N) is 1. The molecule has 2 aromatic carbocycles. The highest BCUT2D eigenvalue weighted by molar-refractivity contribution is 6.33. The highest BCUT2D eigenvalue weighted by atomic mass is 16.6. The lowest BCUT2D eigenvalue weighted by Crippen LogP contribution is -2.55. The number of carbonyl (C=O) groups excluding carboxylic acids is 2. The van der Waals surface area contributed by atoms with Gasteiger partial charge in [-0.25, -0.2) is 4.79 Å².